The van der Waals surface area contributed by atoms with Gasteiger partial charge in [-0.25, -0.2) is 21.2 Å². The second kappa shape index (κ2) is 9.21. The lowest BCUT2D eigenvalue weighted by atomic mass is 10.0. The lowest BCUT2D eigenvalue weighted by Crippen LogP contribution is -2.35. The molecule has 5 nitrogen and oxygen atoms in total. The topological polar surface area (TPSA) is 63.1 Å². The molecular formula is C23H24ClF2N3O2S. The second-order valence-corrected chi connectivity index (χ2v) is 10.2. The summed E-state index contributed by atoms with van der Waals surface area (Å²) in [6.07, 6.45) is 1.18. The smallest absolute Gasteiger partial charge is 0.266 e. The third-order valence-corrected chi connectivity index (χ3v) is 7.94. The van der Waals surface area contributed by atoms with Crippen LogP contribution in [-0.4, -0.2) is 31.5 Å². The number of hydrogen-bond acceptors (Lipinski definition) is 4. The molecule has 2 heterocycles. The van der Waals surface area contributed by atoms with Crippen LogP contribution in [0.3, 0.4) is 0 Å². The fourth-order valence-electron chi connectivity index (χ4n) is 4.21. The number of anilines is 1. The Bertz CT molecular complexity index is 1240. The molecule has 0 bridgehead atoms. The Hall–Kier alpha value is -2.42. The Morgan fingerprint density at radius 2 is 1.91 bits per heavy atom. The van der Waals surface area contributed by atoms with Crippen LogP contribution in [0, 0.1) is 0 Å². The molecule has 1 fully saturated rings. The van der Waals surface area contributed by atoms with Crippen LogP contribution >= 0.6 is 11.6 Å². The Morgan fingerprint density at radius 1 is 1.19 bits per heavy atom. The van der Waals surface area contributed by atoms with E-state index in [-0.39, 0.29) is 22.5 Å². The third-order valence-electron chi connectivity index (χ3n) is 5.75. The average molecular weight is 480 g/mol. The number of nitrogens with zero attached hydrogens (tertiary/aromatic N) is 1. The monoisotopic (exact) mass is 479 g/mol. The molecular weight excluding hydrogens is 456 g/mol. The average Bonchev–Trinajstić information content (AvgIpc) is 3.17. The highest BCUT2D eigenvalue weighted by Gasteiger charge is 2.31. The van der Waals surface area contributed by atoms with E-state index >= 15 is 0 Å². The van der Waals surface area contributed by atoms with Crippen molar-refractivity contribution in [1.82, 2.24) is 9.29 Å². The zero-order valence-electron chi connectivity index (χ0n) is 17.3. The number of nitrogens with one attached hydrogen (secondary N) is 2. The molecule has 0 saturated carbocycles. The minimum atomic E-state index is -4.14. The summed E-state index contributed by atoms with van der Waals surface area (Å²) in [5.41, 5.74) is 0.802. The van der Waals surface area contributed by atoms with Gasteiger partial charge >= 0.3 is 0 Å². The normalized spacial score (nSPS) is 16.4. The van der Waals surface area contributed by atoms with E-state index in [4.69, 9.17) is 11.6 Å². The van der Waals surface area contributed by atoms with Gasteiger partial charge in [0.1, 0.15) is 5.25 Å². The van der Waals surface area contributed by atoms with Crippen LogP contribution in [0.1, 0.15) is 35.6 Å². The van der Waals surface area contributed by atoms with Crippen LogP contribution in [-0.2, 0) is 10.0 Å². The highest BCUT2D eigenvalue weighted by atomic mass is 35.5. The van der Waals surface area contributed by atoms with Gasteiger partial charge in [-0.1, -0.05) is 35.9 Å². The van der Waals surface area contributed by atoms with Crippen LogP contribution in [0.2, 0.25) is 5.02 Å². The van der Waals surface area contributed by atoms with Crippen molar-refractivity contribution in [2.45, 2.75) is 30.6 Å². The summed E-state index contributed by atoms with van der Waals surface area (Å²) in [6, 6.07) is 11.5. The summed E-state index contributed by atoms with van der Waals surface area (Å²) >= 11 is 6.05. The Labute approximate surface area is 191 Å². The van der Waals surface area contributed by atoms with Gasteiger partial charge < -0.3 is 10.6 Å². The molecule has 0 radical (unpaired) electrons. The molecule has 0 aliphatic carbocycles. The first-order valence-corrected chi connectivity index (χ1v) is 12.2. The first-order valence-electron chi connectivity index (χ1n) is 10.3. The minimum Gasteiger partial charge on any atom is -0.382 e. The van der Waals surface area contributed by atoms with E-state index < -0.39 is 21.7 Å². The quantitative estimate of drug-likeness (QED) is 0.439. The molecule has 1 unspecified atom stereocenters. The van der Waals surface area contributed by atoms with Gasteiger partial charge in [0, 0.05) is 33.9 Å². The Kier molecular flexibility index (Phi) is 6.55. The lowest BCUT2D eigenvalue weighted by Gasteiger charge is -2.25. The van der Waals surface area contributed by atoms with Gasteiger partial charge in [0.25, 0.3) is 6.43 Å². The number of benzene rings is 2. The standard InChI is InChI=1S/C23H24ClF2N3O2S/c1-2-21(15-5-3-6-16(24)13-15)32(30,31)29-14-18(23(25)26)22-19(7-4-8-20(22)29)28-17-9-11-27-12-10-17/h2-8,13-14,17,21,23,27-28H,1,9-12H2. The van der Waals surface area contributed by atoms with Gasteiger partial charge in [0.15, 0.2) is 0 Å². The minimum absolute atomic E-state index is 0.125. The lowest BCUT2D eigenvalue weighted by molar-refractivity contribution is 0.153. The maximum absolute atomic E-state index is 14.0. The Morgan fingerprint density at radius 3 is 2.56 bits per heavy atom. The summed E-state index contributed by atoms with van der Waals surface area (Å²) < 4.78 is 56.2. The van der Waals surface area contributed by atoms with Crippen LogP contribution in [0.15, 0.2) is 61.3 Å². The van der Waals surface area contributed by atoms with E-state index in [0.29, 0.717) is 16.3 Å². The third kappa shape index (κ3) is 4.27. The van der Waals surface area contributed by atoms with Crippen LogP contribution in [0.4, 0.5) is 14.5 Å². The maximum Gasteiger partial charge on any atom is 0.266 e. The summed E-state index contributed by atoms with van der Waals surface area (Å²) in [6.45, 7) is 5.35. The van der Waals surface area contributed by atoms with Gasteiger partial charge in [-0.3, -0.25) is 0 Å². The van der Waals surface area contributed by atoms with Gasteiger partial charge in [-0.15, -0.1) is 6.58 Å². The molecule has 1 aromatic heterocycles. The summed E-state index contributed by atoms with van der Waals surface area (Å²) in [4.78, 5) is 0. The zero-order chi connectivity index (χ0) is 22.9. The number of hydrogen-bond donors (Lipinski definition) is 2. The molecule has 3 aromatic rings. The van der Waals surface area contributed by atoms with Crippen molar-refractivity contribution in [2.75, 3.05) is 18.4 Å². The van der Waals surface area contributed by atoms with Gasteiger partial charge in [0.05, 0.1) is 5.52 Å². The number of aromatic nitrogens is 1. The highest BCUT2D eigenvalue weighted by Crippen LogP contribution is 2.38. The molecule has 1 aliphatic rings. The van der Waals surface area contributed by atoms with Crippen LogP contribution in [0.5, 0.6) is 0 Å². The van der Waals surface area contributed by atoms with Gasteiger partial charge in [-0.05, 0) is 55.8 Å². The van der Waals surface area contributed by atoms with Crippen LogP contribution < -0.4 is 10.6 Å². The molecule has 0 amide bonds. The number of alkyl halides is 2. The van der Waals surface area contributed by atoms with E-state index in [2.05, 4.69) is 17.2 Å². The van der Waals surface area contributed by atoms with E-state index in [1.807, 2.05) is 0 Å². The van der Waals surface area contributed by atoms with Crippen LogP contribution in [0.25, 0.3) is 10.9 Å². The molecule has 1 atom stereocenters. The molecule has 0 spiro atoms. The largest absolute Gasteiger partial charge is 0.382 e. The van der Waals surface area contributed by atoms with E-state index in [1.165, 1.54) is 12.1 Å². The fraction of sp³-hybridized carbons (Fsp3) is 0.304. The molecule has 170 valence electrons. The SMILES string of the molecule is C=CC(c1cccc(Cl)c1)S(=O)(=O)n1cc(C(F)F)c2c(NC3CCNCC3)cccc21. The predicted molar refractivity (Wildman–Crippen MR) is 125 cm³/mol. The number of fused-ring (bicyclic) bond motifs is 1. The first kappa shape index (κ1) is 22.8. The van der Waals surface area contributed by atoms with Crippen molar-refractivity contribution in [3.8, 4) is 0 Å². The summed E-state index contributed by atoms with van der Waals surface area (Å²) in [7, 11) is -4.14. The second-order valence-electron chi connectivity index (χ2n) is 7.81. The number of rotatable bonds is 7. The molecule has 1 saturated heterocycles. The van der Waals surface area contributed by atoms with Crippen molar-refractivity contribution < 1.29 is 17.2 Å². The first-order chi connectivity index (χ1) is 15.3. The van der Waals surface area contributed by atoms with Crippen molar-refractivity contribution >= 4 is 38.2 Å². The zero-order valence-corrected chi connectivity index (χ0v) is 18.8. The molecule has 9 heteroatoms. The van der Waals surface area contributed by atoms with Crippen molar-refractivity contribution in [2.24, 2.45) is 0 Å². The number of halogens is 3. The van der Waals surface area contributed by atoms with Gasteiger partial charge in [0.2, 0.25) is 10.0 Å². The summed E-state index contributed by atoms with van der Waals surface area (Å²) in [5.74, 6) is 0. The molecule has 1 aliphatic heterocycles. The molecule has 4 rings (SSSR count). The maximum atomic E-state index is 14.0. The molecule has 2 aromatic carbocycles. The number of piperidine rings is 1. The van der Waals surface area contributed by atoms with Gasteiger partial charge in [-0.2, -0.15) is 0 Å². The highest BCUT2D eigenvalue weighted by molar-refractivity contribution is 7.90. The van der Waals surface area contributed by atoms with E-state index in [9.17, 15) is 17.2 Å². The fourth-order valence-corrected chi connectivity index (χ4v) is 6.07. The molecule has 2 N–H and O–H groups in total. The Balaban J connectivity index is 1.85. The van der Waals surface area contributed by atoms with Crippen molar-refractivity contribution in [3.63, 3.8) is 0 Å². The van der Waals surface area contributed by atoms with Crippen molar-refractivity contribution in [1.29, 1.82) is 0 Å². The molecule has 32 heavy (non-hydrogen) atoms. The predicted octanol–water partition coefficient (Wildman–Crippen LogP) is 5.50. The van der Waals surface area contributed by atoms with E-state index in [0.717, 1.165) is 36.1 Å². The van der Waals surface area contributed by atoms with E-state index in [1.54, 1.807) is 36.4 Å². The van der Waals surface area contributed by atoms with Crippen molar-refractivity contribution in [3.05, 3.63) is 77.5 Å². The summed E-state index contributed by atoms with van der Waals surface area (Å²) in [5, 5.41) is 6.06.